The molecule has 35 heavy (non-hydrogen) atoms. The van der Waals surface area contributed by atoms with Crippen LogP contribution in [-0.2, 0) is 9.53 Å². The predicted octanol–water partition coefficient (Wildman–Crippen LogP) is 2.77. The van der Waals surface area contributed by atoms with E-state index in [0.717, 1.165) is 11.1 Å². The summed E-state index contributed by atoms with van der Waals surface area (Å²) in [5.41, 5.74) is 1.39. The average molecular weight is 485 g/mol. The van der Waals surface area contributed by atoms with E-state index in [1.54, 1.807) is 29.2 Å². The maximum atomic E-state index is 13.6. The van der Waals surface area contributed by atoms with Crippen molar-refractivity contribution < 1.29 is 23.1 Å². The van der Waals surface area contributed by atoms with Gasteiger partial charge in [0.2, 0.25) is 5.91 Å². The number of piperidine rings is 1. The lowest BCUT2D eigenvalue weighted by molar-refractivity contribution is -0.156. The van der Waals surface area contributed by atoms with E-state index in [1.807, 2.05) is 11.8 Å². The highest BCUT2D eigenvalue weighted by Gasteiger charge is 2.46. The first kappa shape index (κ1) is 23.7. The molecule has 3 amide bonds. The molecule has 0 unspecified atom stereocenters. The molecule has 0 radical (unpaired) electrons. The second-order valence-electron chi connectivity index (χ2n) is 9.73. The number of halogens is 2. The topological polar surface area (TPSA) is 65.1 Å². The highest BCUT2D eigenvalue weighted by Crippen LogP contribution is 2.32. The van der Waals surface area contributed by atoms with E-state index in [4.69, 9.17) is 4.74 Å². The number of morpholine rings is 1. The standard InChI is InChI=1S/C26H30F2N4O3/c1-26-10-11-32(16-22(26)29-23(33)17-35-26)25(34)31-14-12-30(13-15-31)24(18-2-6-20(27)7-3-18)19-4-8-21(28)9-5-19/h2-9,22,24H,10-17H2,1H3,(H,29,33)/t22-,26+/m1/s1. The third kappa shape index (κ3) is 4.88. The molecule has 7 nitrogen and oxygen atoms in total. The summed E-state index contributed by atoms with van der Waals surface area (Å²) < 4.78 is 32.9. The van der Waals surface area contributed by atoms with Gasteiger partial charge < -0.3 is 19.9 Å². The van der Waals surface area contributed by atoms with Crippen LogP contribution in [0.15, 0.2) is 48.5 Å². The minimum atomic E-state index is -0.444. The van der Waals surface area contributed by atoms with Crippen LogP contribution in [0.3, 0.4) is 0 Å². The highest BCUT2D eigenvalue weighted by molar-refractivity contribution is 5.79. The van der Waals surface area contributed by atoms with E-state index < -0.39 is 5.60 Å². The van der Waals surface area contributed by atoms with E-state index in [-0.39, 0.29) is 42.3 Å². The van der Waals surface area contributed by atoms with Crippen LogP contribution in [0, 0.1) is 11.6 Å². The number of amides is 3. The molecule has 0 bridgehead atoms. The first-order valence-corrected chi connectivity index (χ1v) is 12.0. The first-order valence-electron chi connectivity index (χ1n) is 12.0. The van der Waals surface area contributed by atoms with Crippen molar-refractivity contribution in [1.29, 1.82) is 0 Å². The lowest BCUT2D eigenvalue weighted by Crippen LogP contribution is -2.68. The number of hydrogen-bond donors (Lipinski definition) is 1. The van der Waals surface area contributed by atoms with Crippen LogP contribution in [0.5, 0.6) is 0 Å². The monoisotopic (exact) mass is 484 g/mol. The number of fused-ring (bicyclic) bond motifs is 1. The van der Waals surface area contributed by atoms with Crippen molar-refractivity contribution in [2.75, 3.05) is 45.9 Å². The molecule has 3 aliphatic rings. The van der Waals surface area contributed by atoms with Crippen molar-refractivity contribution in [3.8, 4) is 0 Å². The SMILES string of the molecule is C[C@]12CCN(C(=O)N3CCN(C(c4ccc(F)cc4)c4ccc(F)cc4)CC3)C[C@H]1NC(=O)CO2. The summed E-state index contributed by atoms with van der Waals surface area (Å²) >= 11 is 0. The van der Waals surface area contributed by atoms with Gasteiger partial charge in [0.25, 0.3) is 0 Å². The molecule has 2 aromatic carbocycles. The number of carbonyl (C=O) groups excluding carboxylic acids is 2. The third-order valence-electron chi connectivity index (χ3n) is 7.48. The van der Waals surface area contributed by atoms with Gasteiger partial charge in [0.1, 0.15) is 18.2 Å². The molecule has 1 N–H and O–H groups in total. The summed E-state index contributed by atoms with van der Waals surface area (Å²) in [7, 11) is 0. The van der Waals surface area contributed by atoms with Gasteiger partial charge in [0, 0.05) is 39.3 Å². The maximum absolute atomic E-state index is 13.6. The normalized spacial score (nSPS) is 25.4. The fourth-order valence-corrected chi connectivity index (χ4v) is 5.32. The van der Waals surface area contributed by atoms with Gasteiger partial charge in [-0.3, -0.25) is 9.69 Å². The number of carbonyl (C=O) groups is 2. The summed E-state index contributed by atoms with van der Waals surface area (Å²) in [6.45, 7) is 5.39. The van der Waals surface area contributed by atoms with E-state index in [2.05, 4.69) is 10.2 Å². The zero-order valence-electron chi connectivity index (χ0n) is 19.8. The zero-order chi connectivity index (χ0) is 24.6. The second-order valence-corrected chi connectivity index (χ2v) is 9.73. The Labute approximate surface area is 203 Å². The minimum absolute atomic E-state index is 0.0355. The van der Waals surface area contributed by atoms with Gasteiger partial charge in [0.05, 0.1) is 17.7 Å². The molecule has 2 aromatic rings. The Morgan fingerprint density at radius 2 is 1.51 bits per heavy atom. The Morgan fingerprint density at radius 1 is 0.943 bits per heavy atom. The molecule has 3 fully saturated rings. The lowest BCUT2D eigenvalue weighted by Gasteiger charge is -2.49. The summed E-state index contributed by atoms with van der Waals surface area (Å²) in [5.74, 6) is -0.763. The lowest BCUT2D eigenvalue weighted by atomic mass is 9.87. The molecule has 0 aromatic heterocycles. The van der Waals surface area contributed by atoms with Gasteiger partial charge in [-0.25, -0.2) is 13.6 Å². The fourth-order valence-electron chi connectivity index (χ4n) is 5.32. The average Bonchev–Trinajstić information content (AvgIpc) is 2.86. The molecular formula is C26H30F2N4O3. The largest absolute Gasteiger partial charge is 0.363 e. The van der Waals surface area contributed by atoms with Crippen molar-refractivity contribution in [3.63, 3.8) is 0 Å². The predicted molar refractivity (Wildman–Crippen MR) is 126 cm³/mol. The van der Waals surface area contributed by atoms with Crippen molar-refractivity contribution in [3.05, 3.63) is 71.3 Å². The Kier molecular flexibility index (Phi) is 6.46. The number of rotatable bonds is 3. The van der Waals surface area contributed by atoms with Gasteiger partial charge in [-0.05, 0) is 48.7 Å². The van der Waals surface area contributed by atoms with Gasteiger partial charge in [0.15, 0.2) is 0 Å². The van der Waals surface area contributed by atoms with E-state index >= 15 is 0 Å². The van der Waals surface area contributed by atoms with Crippen LogP contribution in [0.2, 0.25) is 0 Å². The molecule has 2 atom stereocenters. The number of benzene rings is 2. The Morgan fingerprint density at radius 3 is 2.09 bits per heavy atom. The van der Waals surface area contributed by atoms with Crippen LogP contribution in [-0.4, -0.2) is 84.2 Å². The summed E-state index contributed by atoms with van der Waals surface area (Å²) in [4.78, 5) is 31.0. The molecule has 186 valence electrons. The number of nitrogens with zero attached hydrogens (tertiary/aromatic N) is 3. The van der Waals surface area contributed by atoms with Crippen LogP contribution >= 0.6 is 0 Å². The van der Waals surface area contributed by atoms with E-state index in [9.17, 15) is 18.4 Å². The number of likely N-dealkylation sites (tertiary alicyclic amines) is 1. The molecule has 3 aliphatic heterocycles. The van der Waals surface area contributed by atoms with Crippen LogP contribution in [0.1, 0.15) is 30.5 Å². The maximum Gasteiger partial charge on any atom is 0.320 e. The van der Waals surface area contributed by atoms with Crippen molar-refractivity contribution in [2.24, 2.45) is 0 Å². The summed E-state index contributed by atoms with van der Waals surface area (Å²) in [6.07, 6.45) is 0.668. The quantitative estimate of drug-likeness (QED) is 0.728. The number of nitrogens with one attached hydrogen (secondary N) is 1. The van der Waals surface area contributed by atoms with E-state index in [1.165, 1.54) is 24.3 Å². The first-order chi connectivity index (χ1) is 16.8. The van der Waals surface area contributed by atoms with Crippen molar-refractivity contribution in [1.82, 2.24) is 20.0 Å². The number of ether oxygens (including phenoxy) is 1. The van der Waals surface area contributed by atoms with Crippen LogP contribution in [0.4, 0.5) is 13.6 Å². The molecule has 9 heteroatoms. The van der Waals surface area contributed by atoms with Gasteiger partial charge in [-0.2, -0.15) is 0 Å². The molecule has 3 heterocycles. The Hall–Kier alpha value is -3.04. The minimum Gasteiger partial charge on any atom is -0.363 e. The fraction of sp³-hybridized carbons (Fsp3) is 0.462. The third-order valence-corrected chi connectivity index (χ3v) is 7.48. The van der Waals surface area contributed by atoms with E-state index in [0.29, 0.717) is 45.7 Å². The molecule has 5 rings (SSSR count). The Balaban J connectivity index is 1.26. The zero-order valence-corrected chi connectivity index (χ0v) is 19.8. The summed E-state index contributed by atoms with van der Waals surface area (Å²) in [5, 5.41) is 2.97. The molecule has 0 saturated carbocycles. The molecule has 3 saturated heterocycles. The Bertz CT molecular complexity index is 1030. The smallest absolute Gasteiger partial charge is 0.320 e. The van der Waals surface area contributed by atoms with Crippen molar-refractivity contribution in [2.45, 2.75) is 31.0 Å². The highest BCUT2D eigenvalue weighted by atomic mass is 19.1. The summed E-state index contributed by atoms with van der Waals surface area (Å²) in [6, 6.07) is 12.3. The van der Waals surface area contributed by atoms with Crippen LogP contribution < -0.4 is 5.32 Å². The van der Waals surface area contributed by atoms with Crippen molar-refractivity contribution >= 4 is 11.9 Å². The second kappa shape index (κ2) is 9.54. The number of hydrogen-bond acceptors (Lipinski definition) is 4. The van der Waals surface area contributed by atoms with Gasteiger partial charge >= 0.3 is 6.03 Å². The molecule has 0 spiro atoms. The van der Waals surface area contributed by atoms with Crippen LogP contribution in [0.25, 0.3) is 0 Å². The molecular weight excluding hydrogens is 454 g/mol. The number of piperazine rings is 1. The van der Waals surface area contributed by atoms with Gasteiger partial charge in [-0.15, -0.1) is 0 Å². The molecule has 0 aliphatic carbocycles. The van der Waals surface area contributed by atoms with Gasteiger partial charge in [-0.1, -0.05) is 24.3 Å². The number of urea groups is 1.